The molecular weight excluding hydrogens is 208 g/mol. The number of halogens is 1. The minimum Gasteiger partial charge on any atom is -0.311 e. The number of nitrogens with zero attached hydrogens (tertiary/aromatic N) is 2. The van der Waals surface area contributed by atoms with E-state index in [2.05, 4.69) is 20.9 Å². The van der Waals surface area contributed by atoms with Crippen LogP contribution in [0.15, 0.2) is 29.4 Å². The number of hydrogen-bond donors (Lipinski definition) is 0. The van der Waals surface area contributed by atoms with Crippen molar-refractivity contribution in [1.29, 1.82) is 0 Å². The zero-order valence-corrected chi connectivity index (χ0v) is 7.15. The molecule has 0 spiro atoms. The third-order valence-electron chi connectivity index (χ3n) is 1.54. The van der Waals surface area contributed by atoms with Gasteiger partial charge in [0, 0.05) is 6.20 Å². The summed E-state index contributed by atoms with van der Waals surface area (Å²) >= 11 is 3.22. The van der Waals surface area contributed by atoms with E-state index in [9.17, 15) is 4.79 Å². The van der Waals surface area contributed by atoms with Crippen molar-refractivity contribution in [2.75, 3.05) is 0 Å². The Balaban J connectivity index is 2.40. The summed E-state index contributed by atoms with van der Waals surface area (Å²) in [5.74, 6) is 0.565. The van der Waals surface area contributed by atoms with Gasteiger partial charge in [0.15, 0.2) is 4.95 Å². The molecule has 0 saturated carbocycles. The number of alkyl halides is 1. The number of fused-ring (bicyclic) bond motifs is 1. The van der Waals surface area contributed by atoms with Crippen LogP contribution in [0.2, 0.25) is 0 Å². The van der Waals surface area contributed by atoms with Crippen molar-refractivity contribution >= 4 is 27.7 Å². The molecule has 1 amide bonds. The second-order valence-electron chi connectivity index (χ2n) is 2.25. The van der Waals surface area contributed by atoms with Gasteiger partial charge >= 0.3 is 0 Å². The van der Waals surface area contributed by atoms with Crippen LogP contribution < -0.4 is 0 Å². The van der Waals surface area contributed by atoms with E-state index >= 15 is 0 Å². The molecule has 2 heterocycles. The van der Waals surface area contributed by atoms with Gasteiger partial charge in [-0.3, -0.25) is 4.79 Å². The lowest BCUT2D eigenvalue weighted by atomic mass is 10.3. The summed E-state index contributed by atoms with van der Waals surface area (Å²) < 4.78 is 0. The zero-order valence-electron chi connectivity index (χ0n) is 5.57. The second-order valence-corrected chi connectivity index (χ2v) is 3.12. The van der Waals surface area contributed by atoms with Crippen molar-refractivity contribution in [1.82, 2.24) is 4.90 Å². The highest BCUT2D eigenvalue weighted by Gasteiger charge is 2.30. The van der Waals surface area contributed by atoms with Crippen LogP contribution in [-0.4, -0.2) is 21.6 Å². The summed E-state index contributed by atoms with van der Waals surface area (Å²) in [6.45, 7) is 0. The Morgan fingerprint density at radius 1 is 1.55 bits per heavy atom. The van der Waals surface area contributed by atoms with Crippen LogP contribution in [0.1, 0.15) is 0 Å². The molecule has 2 aliphatic heterocycles. The largest absolute Gasteiger partial charge is 0.311 e. The summed E-state index contributed by atoms with van der Waals surface area (Å²) in [6, 6.07) is 0. The molecule has 56 valence electrons. The van der Waals surface area contributed by atoms with E-state index in [1.807, 2.05) is 18.4 Å². The summed E-state index contributed by atoms with van der Waals surface area (Å²) in [4.78, 5) is 16.3. The molecule has 0 aromatic rings. The molecule has 1 atom stereocenters. The van der Waals surface area contributed by atoms with E-state index in [0.29, 0.717) is 5.84 Å². The van der Waals surface area contributed by atoms with Crippen LogP contribution in [-0.2, 0) is 4.79 Å². The van der Waals surface area contributed by atoms with E-state index < -0.39 is 0 Å². The van der Waals surface area contributed by atoms with E-state index in [1.54, 1.807) is 11.0 Å². The van der Waals surface area contributed by atoms with Gasteiger partial charge in [-0.2, -0.15) is 4.99 Å². The number of allylic oxidation sites excluding steroid dienone is 2. The standard InChI is InChI=1S/C7H5BrN2O/c8-6-7(11)9-5-3-1-2-4-10(5)6/h1-4,6H. The first kappa shape index (κ1) is 6.79. The Hall–Kier alpha value is -0.900. The second kappa shape index (κ2) is 2.30. The molecule has 0 N–H and O–H groups in total. The van der Waals surface area contributed by atoms with Crippen LogP contribution in [0.5, 0.6) is 0 Å². The maximum Gasteiger partial charge on any atom is 0.281 e. The van der Waals surface area contributed by atoms with Gasteiger partial charge in [0.05, 0.1) is 0 Å². The van der Waals surface area contributed by atoms with Gasteiger partial charge in [-0.1, -0.05) is 22.0 Å². The number of carbonyl (C=O) groups excluding carboxylic acids is 1. The van der Waals surface area contributed by atoms with Gasteiger partial charge in [-0.25, -0.2) is 0 Å². The highest BCUT2D eigenvalue weighted by atomic mass is 79.9. The lowest BCUT2D eigenvalue weighted by molar-refractivity contribution is -0.117. The normalized spacial score (nSPS) is 27.4. The maximum atomic E-state index is 11.0. The topological polar surface area (TPSA) is 32.7 Å². The van der Waals surface area contributed by atoms with Gasteiger partial charge in [-0.05, 0) is 12.2 Å². The molecule has 4 heteroatoms. The molecule has 0 bridgehead atoms. The van der Waals surface area contributed by atoms with Crippen molar-refractivity contribution in [2.45, 2.75) is 4.95 Å². The molecule has 3 nitrogen and oxygen atoms in total. The molecule has 0 aromatic heterocycles. The molecule has 0 aromatic carbocycles. The van der Waals surface area contributed by atoms with Gasteiger partial charge in [0.1, 0.15) is 5.84 Å². The Morgan fingerprint density at radius 3 is 3.09 bits per heavy atom. The third kappa shape index (κ3) is 0.939. The van der Waals surface area contributed by atoms with Crippen LogP contribution in [0, 0.1) is 0 Å². The monoisotopic (exact) mass is 212 g/mol. The number of carbonyl (C=O) groups is 1. The molecule has 0 saturated heterocycles. The molecule has 0 aliphatic carbocycles. The summed E-state index contributed by atoms with van der Waals surface area (Å²) in [5, 5.41) is 0. The zero-order chi connectivity index (χ0) is 7.84. The van der Waals surface area contributed by atoms with Crippen LogP contribution in [0.4, 0.5) is 0 Å². The Bertz CT molecular complexity index is 293. The Morgan fingerprint density at radius 2 is 2.36 bits per heavy atom. The predicted octanol–water partition coefficient (Wildman–Crippen LogP) is 1.03. The number of aliphatic imine (C=N–C) groups is 1. The minimum atomic E-state index is -0.307. The quantitative estimate of drug-likeness (QED) is 0.444. The Labute approximate surface area is 72.2 Å². The lowest BCUT2D eigenvalue weighted by Gasteiger charge is -2.17. The number of rotatable bonds is 0. The van der Waals surface area contributed by atoms with Crippen molar-refractivity contribution < 1.29 is 4.79 Å². The summed E-state index contributed by atoms with van der Waals surface area (Å²) in [5.41, 5.74) is 0. The van der Waals surface area contributed by atoms with Crippen molar-refractivity contribution in [2.24, 2.45) is 4.99 Å². The molecule has 2 aliphatic rings. The first-order valence-electron chi connectivity index (χ1n) is 3.19. The lowest BCUT2D eigenvalue weighted by Crippen LogP contribution is -2.28. The molecule has 0 fully saturated rings. The SMILES string of the molecule is O=C1N=C2C=CC=CN2C1Br. The number of amides is 1. The highest BCUT2D eigenvalue weighted by Crippen LogP contribution is 2.20. The van der Waals surface area contributed by atoms with E-state index in [4.69, 9.17) is 0 Å². The van der Waals surface area contributed by atoms with Crippen LogP contribution in [0.3, 0.4) is 0 Å². The molecule has 2 rings (SSSR count). The molecular formula is C7H5BrN2O. The van der Waals surface area contributed by atoms with Crippen LogP contribution in [0.25, 0.3) is 0 Å². The van der Waals surface area contributed by atoms with Gasteiger partial charge < -0.3 is 4.90 Å². The first-order chi connectivity index (χ1) is 5.29. The Kier molecular flexibility index (Phi) is 1.42. The fourth-order valence-corrected chi connectivity index (χ4v) is 1.47. The average Bonchev–Trinajstić information content (AvgIpc) is 2.30. The van der Waals surface area contributed by atoms with Crippen molar-refractivity contribution in [3.05, 3.63) is 24.4 Å². The smallest absolute Gasteiger partial charge is 0.281 e. The van der Waals surface area contributed by atoms with E-state index in [1.165, 1.54) is 0 Å². The van der Waals surface area contributed by atoms with Gasteiger partial charge in [0.25, 0.3) is 5.91 Å². The first-order valence-corrected chi connectivity index (χ1v) is 4.10. The van der Waals surface area contributed by atoms with E-state index in [-0.39, 0.29) is 10.9 Å². The third-order valence-corrected chi connectivity index (χ3v) is 2.37. The average molecular weight is 213 g/mol. The minimum absolute atomic E-state index is 0.142. The predicted molar refractivity (Wildman–Crippen MR) is 45.3 cm³/mol. The highest BCUT2D eigenvalue weighted by molar-refractivity contribution is 9.10. The van der Waals surface area contributed by atoms with Gasteiger partial charge in [-0.15, -0.1) is 0 Å². The van der Waals surface area contributed by atoms with Crippen LogP contribution >= 0.6 is 15.9 Å². The van der Waals surface area contributed by atoms with Crippen molar-refractivity contribution in [3.8, 4) is 0 Å². The number of amidine groups is 1. The van der Waals surface area contributed by atoms with Crippen molar-refractivity contribution in [3.63, 3.8) is 0 Å². The summed E-state index contributed by atoms with van der Waals surface area (Å²) in [7, 11) is 0. The molecule has 11 heavy (non-hydrogen) atoms. The molecule has 0 radical (unpaired) electrons. The molecule has 1 unspecified atom stereocenters. The van der Waals surface area contributed by atoms with E-state index in [0.717, 1.165) is 0 Å². The number of hydrogen-bond acceptors (Lipinski definition) is 2. The van der Waals surface area contributed by atoms with Gasteiger partial charge in [0.2, 0.25) is 0 Å². The fourth-order valence-electron chi connectivity index (χ4n) is 1.02. The fraction of sp³-hybridized carbons (Fsp3) is 0.143. The maximum absolute atomic E-state index is 11.0. The summed E-state index contributed by atoms with van der Waals surface area (Å²) in [6.07, 6.45) is 7.35.